The number of nitrogens with one attached hydrogen (secondary N) is 1. The van der Waals surface area contributed by atoms with Crippen molar-refractivity contribution in [2.75, 3.05) is 5.75 Å². The smallest absolute Gasteiger partial charge is 0.230 e. The number of hydrogen-bond donors (Lipinski definition) is 1. The third-order valence-electron chi connectivity index (χ3n) is 3.29. The van der Waals surface area contributed by atoms with Crippen molar-refractivity contribution in [2.24, 2.45) is 0 Å². The lowest BCUT2D eigenvalue weighted by Crippen LogP contribution is -2.24. The van der Waals surface area contributed by atoms with Gasteiger partial charge in [-0.25, -0.2) is 4.98 Å². The Morgan fingerprint density at radius 1 is 1.21 bits per heavy atom. The summed E-state index contributed by atoms with van der Waals surface area (Å²) in [6.07, 6.45) is 0. The fourth-order valence-corrected chi connectivity index (χ4v) is 4.47. The fraction of sp³-hybridized carbons (Fsp3) is 0.176. The zero-order valence-electron chi connectivity index (χ0n) is 12.6. The number of thiazole rings is 1. The molecule has 0 aliphatic carbocycles. The first-order valence-corrected chi connectivity index (χ1v) is 9.97. The summed E-state index contributed by atoms with van der Waals surface area (Å²) >= 11 is 15.2. The number of para-hydroxylation sites is 1. The highest BCUT2D eigenvalue weighted by Gasteiger charge is 2.07. The van der Waals surface area contributed by atoms with Crippen LogP contribution in [0.2, 0.25) is 10.0 Å². The zero-order chi connectivity index (χ0) is 16.9. The number of nitrogens with zero attached hydrogens (tertiary/aromatic N) is 1. The second kappa shape index (κ2) is 8.21. The lowest BCUT2D eigenvalue weighted by atomic mass is 10.2. The molecule has 0 aliphatic rings. The van der Waals surface area contributed by atoms with Crippen molar-refractivity contribution < 1.29 is 4.79 Å². The number of aromatic nitrogens is 1. The van der Waals surface area contributed by atoms with Crippen LogP contribution in [0.25, 0.3) is 10.2 Å². The van der Waals surface area contributed by atoms with Crippen molar-refractivity contribution in [1.82, 2.24) is 10.3 Å². The van der Waals surface area contributed by atoms with E-state index in [1.54, 1.807) is 35.2 Å². The summed E-state index contributed by atoms with van der Waals surface area (Å²) in [7, 11) is 0. The molecule has 3 rings (SSSR count). The number of amides is 1. The van der Waals surface area contributed by atoms with E-state index in [1.807, 2.05) is 24.3 Å². The molecule has 1 heterocycles. The van der Waals surface area contributed by atoms with Crippen LogP contribution in [-0.2, 0) is 17.1 Å². The number of halogens is 2. The fourth-order valence-electron chi connectivity index (χ4n) is 2.12. The molecule has 0 bridgehead atoms. The molecule has 3 nitrogen and oxygen atoms in total. The molecule has 1 amide bonds. The van der Waals surface area contributed by atoms with Gasteiger partial charge in [-0.05, 0) is 29.8 Å². The molecule has 0 atom stereocenters. The summed E-state index contributed by atoms with van der Waals surface area (Å²) in [6, 6.07) is 13.3. The number of carbonyl (C=O) groups excluding carboxylic acids is 1. The molecule has 24 heavy (non-hydrogen) atoms. The van der Waals surface area contributed by atoms with Crippen molar-refractivity contribution in [3.8, 4) is 0 Å². The summed E-state index contributed by atoms with van der Waals surface area (Å²) in [5.41, 5.74) is 1.87. The molecule has 0 radical (unpaired) electrons. The molecule has 1 N–H and O–H groups in total. The Kier molecular flexibility index (Phi) is 6.00. The average Bonchev–Trinajstić information content (AvgIpc) is 2.96. The molecule has 7 heteroatoms. The highest BCUT2D eigenvalue weighted by molar-refractivity contribution is 7.99. The minimum absolute atomic E-state index is 0.0212. The van der Waals surface area contributed by atoms with E-state index in [0.717, 1.165) is 21.8 Å². The molecule has 0 aliphatic heterocycles. The van der Waals surface area contributed by atoms with Gasteiger partial charge in [-0.15, -0.1) is 23.1 Å². The predicted molar refractivity (Wildman–Crippen MR) is 104 cm³/mol. The summed E-state index contributed by atoms with van der Waals surface area (Å²) in [4.78, 5) is 16.5. The monoisotopic (exact) mass is 396 g/mol. The van der Waals surface area contributed by atoms with Gasteiger partial charge < -0.3 is 5.32 Å². The van der Waals surface area contributed by atoms with Gasteiger partial charge >= 0.3 is 0 Å². The predicted octanol–water partition coefficient (Wildman–Crippen LogP) is 5.15. The number of fused-ring (bicyclic) bond motifs is 1. The number of carbonyl (C=O) groups is 1. The van der Waals surface area contributed by atoms with Gasteiger partial charge in [0.1, 0.15) is 5.01 Å². The van der Waals surface area contributed by atoms with Crippen molar-refractivity contribution >= 4 is 62.4 Å². The van der Waals surface area contributed by atoms with E-state index in [9.17, 15) is 4.79 Å². The van der Waals surface area contributed by atoms with E-state index in [2.05, 4.69) is 16.4 Å². The summed E-state index contributed by atoms with van der Waals surface area (Å²) in [5.74, 6) is 1.10. The molecule has 124 valence electrons. The van der Waals surface area contributed by atoms with E-state index < -0.39 is 0 Å². The van der Waals surface area contributed by atoms with Crippen molar-refractivity contribution in [3.05, 3.63) is 63.1 Å². The minimum atomic E-state index is -0.0212. The van der Waals surface area contributed by atoms with Gasteiger partial charge in [-0.1, -0.05) is 41.4 Å². The van der Waals surface area contributed by atoms with E-state index in [-0.39, 0.29) is 5.91 Å². The molecule has 0 unspecified atom stereocenters. The van der Waals surface area contributed by atoms with Gasteiger partial charge in [-0.3, -0.25) is 4.79 Å². The van der Waals surface area contributed by atoms with Crippen LogP contribution in [0.15, 0.2) is 42.5 Å². The Bertz CT molecular complexity index is 834. The van der Waals surface area contributed by atoms with E-state index in [1.165, 1.54) is 4.70 Å². The van der Waals surface area contributed by atoms with Gasteiger partial charge in [0, 0.05) is 22.3 Å². The highest BCUT2D eigenvalue weighted by Crippen LogP contribution is 2.25. The molecule has 1 aromatic heterocycles. The molecule has 2 aromatic carbocycles. The maximum absolute atomic E-state index is 11.9. The third-order valence-corrected chi connectivity index (χ3v) is 6.04. The summed E-state index contributed by atoms with van der Waals surface area (Å²) in [5, 5.41) is 5.05. The van der Waals surface area contributed by atoms with Crippen LogP contribution in [0.3, 0.4) is 0 Å². The first-order valence-electron chi connectivity index (χ1n) is 7.24. The van der Waals surface area contributed by atoms with Crippen LogP contribution in [0, 0.1) is 0 Å². The van der Waals surface area contributed by atoms with Crippen molar-refractivity contribution in [3.63, 3.8) is 0 Å². The topological polar surface area (TPSA) is 42.0 Å². The number of rotatable bonds is 6. The summed E-state index contributed by atoms with van der Waals surface area (Å²) < 4.78 is 1.18. The Morgan fingerprint density at radius 3 is 2.83 bits per heavy atom. The third kappa shape index (κ3) is 4.63. The Morgan fingerprint density at radius 2 is 2.04 bits per heavy atom. The van der Waals surface area contributed by atoms with Crippen molar-refractivity contribution in [1.29, 1.82) is 0 Å². The summed E-state index contributed by atoms with van der Waals surface area (Å²) in [6.45, 7) is 0.399. The van der Waals surface area contributed by atoms with E-state index >= 15 is 0 Å². The van der Waals surface area contributed by atoms with Crippen LogP contribution >= 0.6 is 46.3 Å². The lowest BCUT2D eigenvalue weighted by Gasteiger charge is -2.07. The van der Waals surface area contributed by atoms with Crippen LogP contribution in [0.1, 0.15) is 10.6 Å². The maximum atomic E-state index is 11.9. The van der Waals surface area contributed by atoms with E-state index in [4.69, 9.17) is 23.2 Å². The Balaban J connectivity index is 1.45. The van der Waals surface area contributed by atoms with Gasteiger partial charge in [-0.2, -0.15) is 0 Å². The van der Waals surface area contributed by atoms with Crippen LogP contribution in [0.5, 0.6) is 0 Å². The molecule has 0 spiro atoms. The van der Waals surface area contributed by atoms with Crippen LogP contribution < -0.4 is 5.32 Å². The van der Waals surface area contributed by atoms with Gasteiger partial charge in [0.15, 0.2) is 0 Å². The largest absolute Gasteiger partial charge is 0.351 e. The SMILES string of the molecule is O=C(CSCc1nc2ccccc2s1)NCc1ccc(Cl)cc1Cl. The van der Waals surface area contributed by atoms with Crippen molar-refractivity contribution in [2.45, 2.75) is 12.3 Å². The highest BCUT2D eigenvalue weighted by atomic mass is 35.5. The second-order valence-corrected chi connectivity index (χ2v) is 8.03. The first-order chi connectivity index (χ1) is 11.6. The minimum Gasteiger partial charge on any atom is -0.351 e. The van der Waals surface area contributed by atoms with E-state index in [0.29, 0.717) is 22.3 Å². The first kappa shape index (κ1) is 17.5. The molecule has 3 aromatic rings. The number of hydrogen-bond acceptors (Lipinski definition) is 4. The van der Waals surface area contributed by atoms with Gasteiger partial charge in [0.25, 0.3) is 0 Å². The second-order valence-electron chi connectivity index (χ2n) is 5.08. The van der Waals surface area contributed by atoms with Gasteiger partial charge in [0.05, 0.1) is 16.0 Å². The Hall–Kier alpha value is -1.27. The number of thioether (sulfide) groups is 1. The maximum Gasteiger partial charge on any atom is 0.230 e. The van der Waals surface area contributed by atoms with Gasteiger partial charge in [0.2, 0.25) is 5.91 Å². The molecular weight excluding hydrogens is 383 g/mol. The normalized spacial score (nSPS) is 10.9. The molecule has 0 saturated carbocycles. The van der Waals surface area contributed by atoms with Crippen LogP contribution in [-0.4, -0.2) is 16.6 Å². The number of benzene rings is 2. The molecule has 0 saturated heterocycles. The molecule has 0 fully saturated rings. The Labute approximate surface area is 158 Å². The van der Waals surface area contributed by atoms with Crippen LogP contribution in [0.4, 0.5) is 0 Å². The molecular formula is C17H14Cl2N2OS2. The zero-order valence-corrected chi connectivity index (χ0v) is 15.7. The standard InChI is InChI=1S/C17H14Cl2N2OS2/c18-12-6-5-11(13(19)7-12)8-20-16(22)9-23-10-17-21-14-3-1-2-4-15(14)24-17/h1-7H,8-10H2,(H,20,22). The average molecular weight is 397 g/mol. The lowest BCUT2D eigenvalue weighted by molar-refractivity contribution is -0.118. The quantitative estimate of drug-likeness (QED) is 0.625.